The van der Waals surface area contributed by atoms with Gasteiger partial charge in [0, 0.05) is 28.9 Å². The smallest absolute Gasteiger partial charge is 0.128 e. The van der Waals surface area contributed by atoms with Crippen molar-refractivity contribution in [2.45, 2.75) is 26.8 Å². The van der Waals surface area contributed by atoms with Crippen LogP contribution in [0.1, 0.15) is 22.4 Å². The van der Waals surface area contributed by atoms with E-state index in [9.17, 15) is 0 Å². The summed E-state index contributed by atoms with van der Waals surface area (Å²) in [6, 6.07) is 7.96. The van der Waals surface area contributed by atoms with Crippen LogP contribution in [0.2, 0.25) is 5.02 Å². The fraction of sp³-hybridized carbons (Fsp3) is 0.353. The predicted molar refractivity (Wildman–Crippen MR) is 87.1 cm³/mol. The lowest BCUT2D eigenvalue weighted by atomic mass is 10.1. The first kappa shape index (κ1) is 15.8. The Labute approximate surface area is 131 Å². The molecule has 0 saturated carbocycles. The number of benzene rings is 1. The Bertz CT molecular complexity index is 596. The zero-order valence-corrected chi connectivity index (χ0v) is 13.5. The molecule has 0 aliphatic heterocycles. The van der Waals surface area contributed by atoms with Gasteiger partial charge in [-0.25, -0.2) is 0 Å². The highest BCUT2D eigenvalue weighted by atomic mass is 35.5. The van der Waals surface area contributed by atoms with Crippen molar-refractivity contribution in [3.63, 3.8) is 0 Å². The number of pyridine rings is 1. The van der Waals surface area contributed by atoms with E-state index in [1.165, 1.54) is 5.56 Å². The average Bonchev–Trinajstić information content (AvgIpc) is 2.48. The quantitative estimate of drug-likeness (QED) is 0.826. The maximum absolute atomic E-state index is 5.88. The minimum atomic E-state index is 0.746. The summed E-state index contributed by atoms with van der Waals surface area (Å²) in [5.74, 6) is 0.930. The highest BCUT2D eigenvalue weighted by molar-refractivity contribution is 6.30. The van der Waals surface area contributed by atoms with Crippen LogP contribution in [-0.4, -0.2) is 18.6 Å². The van der Waals surface area contributed by atoms with Crippen molar-refractivity contribution in [1.29, 1.82) is 0 Å². The van der Waals surface area contributed by atoms with Crippen LogP contribution in [-0.2, 0) is 13.0 Å². The second kappa shape index (κ2) is 7.43. The molecule has 112 valence electrons. The largest absolute Gasteiger partial charge is 0.496 e. The first-order valence-corrected chi connectivity index (χ1v) is 7.44. The number of hydrogen-bond acceptors (Lipinski definition) is 3. The van der Waals surface area contributed by atoms with Crippen molar-refractivity contribution in [1.82, 2.24) is 10.3 Å². The molecule has 0 fully saturated rings. The summed E-state index contributed by atoms with van der Waals surface area (Å²) < 4.78 is 5.42. The highest BCUT2D eigenvalue weighted by Gasteiger charge is 2.08. The second-order valence-electron chi connectivity index (χ2n) is 5.10. The highest BCUT2D eigenvalue weighted by Crippen LogP contribution is 2.23. The number of rotatable bonds is 6. The molecule has 2 rings (SSSR count). The van der Waals surface area contributed by atoms with E-state index in [0.717, 1.165) is 47.1 Å². The van der Waals surface area contributed by atoms with Crippen molar-refractivity contribution in [2.75, 3.05) is 13.7 Å². The molecule has 3 nitrogen and oxygen atoms in total. The van der Waals surface area contributed by atoms with Gasteiger partial charge in [0.2, 0.25) is 0 Å². The molecular weight excluding hydrogens is 284 g/mol. The van der Waals surface area contributed by atoms with Gasteiger partial charge in [-0.1, -0.05) is 23.7 Å². The fourth-order valence-corrected chi connectivity index (χ4v) is 2.47. The van der Waals surface area contributed by atoms with E-state index in [2.05, 4.69) is 29.4 Å². The third-order valence-corrected chi connectivity index (χ3v) is 3.80. The third kappa shape index (κ3) is 4.19. The number of aromatic nitrogens is 1. The SMILES string of the molecule is COc1c(C)cnc(CNCCc2ccc(Cl)cc2)c1C. The maximum atomic E-state index is 5.88. The van der Waals surface area contributed by atoms with Crippen molar-refractivity contribution >= 4 is 11.6 Å². The molecule has 0 amide bonds. The van der Waals surface area contributed by atoms with E-state index < -0.39 is 0 Å². The number of ether oxygens (including phenoxy) is 1. The number of halogens is 1. The van der Waals surface area contributed by atoms with E-state index in [4.69, 9.17) is 16.3 Å². The topological polar surface area (TPSA) is 34.1 Å². The lowest BCUT2D eigenvalue weighted by molar-refractivity contribution is 0.406. The van der Waals surface area contributed by atoms with Crippen LogP contribution in [0.3, 0.4) is 0 Å². The molecule has 0 bridgehead atoms. The van der Waals surface area contributed by atoms with Gasteiger partial charge in [-0.3, -0.25) is 4.98 Å². The molecule has 1 aromatic carbocycles. The van der Waals surface area contributed by atoms with Gasteiger partial charge in [0.25, 0.3) is 0 Å². The summed E-state index contributed by atoms with van der Waals surface area (Å²) in [5.41, 5.74) is 4.49. The summed E-state index contributed by atoms with van der Waals surface area (Å²) in [4.78, 5) is 4.48. The van der Waals surface area contributed by atoms with Crippen molar-refractivity contribution in [3.8, 4) is 5.75 Å². The summed E-state index contributed by atoms with van der Waals surface area (Å²) >= 11 is 5.88. The van der Waals surface area contributed by atoms with Gasteiger partial charge in [-0.05, 0) is 44.5 Å². The van der Waals surface area contributed by atoms with Gasteiger partial charge in [0.05, 0.1) is 12.8 Å². The minimum Gasteiger partial charge on any atom is -0.496 e. The minimum absolute atomic E-state index is 0.746. The lowest BCUT2D eigenvalue weighted by Crippen LogP contribution is -2.18. The summed E-state index contributed by atoms with van der Waals surface area (Å²) in [6.07, 6.45) is 2.83. The monoisotopic (exact) mass is 304 g/mol. The molecule has 2 aromatic rings. The molecule has 0 spiro atoms. The predicted octanol–water partition coefficient (Wildman–Crippen LogP) is 3.69. The molecule has 4 heteroatoms. The Morgan fingerprint density at radius 3 is 2.57 bits per heavy atom. The van der Waals surface area contributed by atoms with Crippen LogP contribution in [0.25, 0.3) is 0 Å². The number of nitrogens with one attached hydrogen (secondary N) is 1. The summed E-state index contributed by atoms with van der Waals surface area (Å²) in [7, 11) is 1.70. The Morgan fingerprint density at radius 1 is 1.19 bits per heavy atom. The zero-order valence-electron chi connectivity index (χ0n) is 12.7. The van der Waals surface area contributed by atoms with Crippen molar-refractivity contribution < 1.29 is 4.74 Å². The van der Waals surface area contributed by atoms with E-state index in [-0.39, 0.29) is 0 Å². The summed E-state index contributed by atoms with van der Waals surface area (Å²) in [5, 5.41) is 4.20. The van der Waals surface area contributed by atoms with Crippen LogP contribution in [0.15, 0.2) is 30.5 Å². The van der Waals surface area contributed by atoms with Gasteiger partial charge in [-0.15, -0.1) is 0 Å². The molecule has 1 aromatic heterocycles. The third-order valence-electron chi connectivity index (χ3n) is 3.55. The normalized spacial score (nSPS) is 10.7. The van der Waals surface area contributed by atoms with E-state index in [1.54, 1.807) is 7.11 Å². The molecule has 0 atom stereocenters. The molecule has 0 saturated heterocycles. The first-order chi connectivity index (χ1) is 10.1. The van der Waals surface area contributed by atoms with Gasteiger partial charge in [0.15, 0.2) is 0 Å². The lowest BCUT2D eigenvalue weighted by Gasteiger charge is -2.12. The van der Waals surface area contributed by atoms with Gasteiger partial charge >= 0.3 is 0 Å². The van der Waals surface area contributed by atoms with Crippen LogP contribution in [0, 0.1) is 13.8 Å². The molecule has 0 unspecified atom stereocenters. The maximum Gasteiger partial charge on any atom is 0.128 e. The molecular formula is C17H21ClN2O. The standard InChI is InChI=1S/C17H21ClN2O/c1-12-10-20-16(13(2)17(12)21-3)11-19-9-8-14-4-6-15(18)7-5-14/h4-7,10,19H,8-9,11H2,1-3H3. The second-order valence-corrected chi connectivity index (χ2v) is 5.54. The molecule has 0 aliphatic carbocycles. The van der Waals surface area contributed by atoms with E-state index >= 15 is 0 Å². The Balaban J connectivity index is 1.88. The number of nitrogens with zero attached hydrogens (tertiary/aromatic N) is 1. The Kier molecular flexibility index (Phi) is 5.59. The van der Waals surface area contributed by atoms with Crippen molar-refractivity contribution in [3.05, 3.63) is 57.9 Å². The van der Waals surface area contributed by atoms with E-state index in [1.807, 2.05) is 25.3 Å². The molecule has 0 aliphatic rings. The van der Waals surface area contributed by atoms with Crippen LogP contribution >= 0.6 is 11.6 Å². The molecule has 21 heavy (non-hydrogen) atoms. The van der Waals surface area contributed by atoms with Gasteiger partial charge in [0.1, 0.15) is 5.75 Å². The zero-order chi connectivity index (χ0) is 15.2. The number of hydrogen-bond donors (Lipinski definition) is 1. The Morgan fingerprint density at radius 2 is 1.90 bits per heavy atom. The molecule has 1 heterocycles. The Hall–Kier alpha value is -1.58. The van der Waals surface area contributed by atoms with E-state index in [0.29, 0.717) is 0 Å². The van der Waals surface area contributed by atoms with Gasteiger partial charge < -0.3 is 10.1 Å². The number of aryl methyl sites for hydroxylation is 1. The number of methoxy groups -OCH3 is 1. The summed E-state index contributed by atoms with van der Waals surface area (Å²) in [6.45, 7) is 5.71. The van der Waals surface area contributed by atoms with Crippen LogP contribution < -0.4 is 10.1 Å². The van der Waals surface area contributed by atoms with Crippen LogP contribution in [0.4, 0.5) is 0 Å². The fourth-order valence-electron chi connectivity index (χ4n) is 2.34. The van der Waals surface area contributed by atoms with Crippen molar-refractivity contribution in [2.24, 2.45) is 0 Å². The average molecular weight is 305 g/mol. The molecule has 0 radical (unpaired) electrons. The first-order valence-electron chi connectivity index (χ1n) is 7.06. The molecule has 1 N–H and O–H groups in total. The van der Waals surface area contributed by atoms with Crippen LogP contribution in [0.5, 0.6) is 5.75 Å². The van der Waals surface area contributed by atoms with Gasteiger partial charge in [-0.2, -0.15) is 0 Å².